The number of carbonyl (C=O) groups is 1. The van der Waals surface area contributed by atoms with E-state index in [9.17, 15) is 9.18 Å². The topological polar surface area (TPSA) is 44.9 Å². The lowest BCUT2D eigenvalue weighted by atomic mass is 10.1. The van der Waals surface area contributed by atoms with Gasteiger partial charge in [0.2, 0.25) is 5.91 Å². The van der Waals surface area contributed by atoms with E-state index >= 15 is 0 Å². The summed E-state index contributed by atoms with van der Waals surface area (Å²) < 4.78 is 13.3. The van der Waals surface area contributed by atoms with Gasteiger partial charge in [0.1, 0.15) is 5.82 Å². The van der Waals surface area contributed by atoms with E-state index in [1.54, 1.807) is 36.5 Å². The third kappa shape index (κ3) is 2.90. The largest absolute Gasteiger partial charge is 0.361 e. The van der Waals surface area contributed by atoms with E-state index in [-0.39, 0.29) is 18.1 Å². The van der Waals surface area contributed by atoms with Gasteiger partial charge in [0.05, 0.1) is 17.1 Å². The molecule has 3 aromatic rings. The Kier molecular flexibility index (Phi) is 3.62. The van der Waals surface area contributed by atoms with Gasteiger partial charge in [0.15, 0.2) is 0 Å². The zero-order chi connectivity index (χ0) is 14.8. The Morgan fingerprint density at radius 2 is 2.05 bits per heavy atom. The molecule has 0 radical (unpaired) electrons. The number of fused-ring (bicyclic) bond motifs is 1. The van der Waals surface area contributed by atoms with Crippen molar-refractivity contribution in [1.82, 2.24) is 4.98 Å². The molecular formula is C16H12ClFN2O. The van der Waals surface area contributed by atoms with Crippen LogP contribution in [0.2, 0.25) is 5.02 Å². The van der Waals surface area contributed by atoms with Crippen molar-refractivity contribution >= 4 is 34.1 Å². The molecule has 0 aliphatic carbocycles. The first-order chi connectivity index (χ1) is 10.1. The second-order valence-electron chi connectivity index (χ2n) is 4.71. The highest BCUT2D eigenvalue weighted by Crippen LogP contribution is 2.22. The second kappa shape index (κ2) is 5.58. The van der Waals surface area contributed by atoms with Crippen LogP contribution in [-0.2, 0) is 11.2 Å². The summed E-state index contributed by atoms with van der Waals surface area (Å²) in [6, 6.07) is 11.5. The molecule has 0 spiro atoms. The van der Waals surface area contributed by atoms with Crippen LogP contribution in [0.3, 0.4) is 0 Å². The van der Waals surface area contributed by atoms with Gasteiger partial charge in [-0.2, -0.15) is 0 Å². The average molecular weight is 303 g/mol. The highest BCUT2D eigenvalue weighted by molar-refractivity contribution is 6.33. The number of hydrogen-bond acceptors (Lipinski definition) is 1. The van der Waals surface area contributed by atoms with Crippen molar-refractivity contribution in [3.63, 3.8) is 0 Å². The quantitative estimate of drug-likeness (QED) is 0.750. The summed E-state index contributed by atoms with van der Waals surface area (Å²) in [5, 5.41) is 3.94. The Morgan fingerprint density at radius 3 is 2.86 bits per heavy atom. The van der Waals surface area contributed by atoms with Gasteiger partial charge in [0.25, 0.3) is 0 Å². The monoisotopic (exact) mass is 302 g/mol. The first-order valence-corrected chi connectivity index (χ1v) is 6.81. The molecule has 0 fully saturated rings. The Bertz CT molecular complexity index is 813. The van der Waals surface area contributed by atoms with E-state index in [0.29, 0.717) is 16.1 Å². The number of amides is 1. The van der Waals surface area contributed by atoms with Crippen molar-refractivity contribution in [3.05, 3.63) is 65.1 Å². The fourth-order valence-corrected chi connectivity index (χ4v) is 2.41. The summed E-state index contributed by atoms with van der Waals surface area (Å²) in [6.45, 7) is 0. The van der Waals surface area contributed by atoms with E-state index < -0.39 is 0 Å². The molecule has 3 nitrogen and oxygen atoms in total. The Labute approximate surface area is 125 Å². The summed E-state index contributed by atoms with van der Waals surface area (Å²) in [4.78, 5) is 15.1. The third-order valence-electron chi connectivity index (χ3n) is 3.23. The summed E-state index contributed by atoms with van der Waals surface area (Å²) >= 11 is 6.00. The molecule has 0 unspecified atom stereocenters. The second-order valence-corrected chi connectivity index (χ2v) is 5.12. The van der Waals surface area contributed by atoms with E-state index in [2.05, 4.69) is 10.3 Å². The van der Waals surface area contributed by atoms with Crippen molar-refractivity contribution in [3.8, 4) is 0 Å². The third-order valence-corrected chi connectivity index (χ3v) is 3.56. The predicted molar refractivity (Wildman–Crippen MR) is 82.0 cm³/mol. The Morgan fingerprint density at radius 1 is 1.24 bits per heavy atom. The predicted octanol–water partition coefficient (Wildman–Crippen LogP) is 4.14. The van der Waals surface area contributed by atoms with Crippen molar-refractivity contribution in [2.45, 2.75) is 6.42 Å². The summed E-state index contributed by atoms with van der Waals surface area (Å²) in [6.07, 6.45) is 1.87. The highest BCUT2D eigenvalue weighted by Gasteiger charge is 2.11. The summed E-state index contributed by atoms with van der Waals surface area (Å²) in [7, 11) is 0. The summed E-state index contributed by atoms with van der Waals surface area (Å²) in [5.41, 5.74) is 2.11. The lowest BCUT2D eigenvalue weighted by Gasteiger charge is -2.06. The number of hydrogen-bond donors (Lipinski definition) is 2. The minimum Gasteiger partial charge on any atom is -0.361 e. The van der Waals surface area contributed by atoms with Crippen molar-refractivity contribution in [2.24, 2.45) is 0 Å². The molecule has 2 N–H and O–H groups in total. The minimum atomic E-state index is -0.324. The number of halogens is 2. The SMILES string of the molecule is O=C(Cc1c[nH]c2ccc(F)cc12)Nc1ccccc1Cl. The number of aromatic nitrogens is 1. The van der Waals surface area contributed by atoms with Gasteiger partial charge >= 0.3 is 0 Å². The normalized spacial score (nSPS) is 10.8. The molecule has 106 valence electrons. The van der Waals surface area contributed by atoms with Crippen LogP contribution in [-0.4, -0.2) is 10.9 Å². The van der Waals surface area contributed by atoms with Crippen molar-refractivity contribution in [1.29, 1.82) is 0 Å². The molecule has 3 rings (SSSR count). The first kappa shape index (κ1) is 13.6. The van der Waals surface area contributed by atoms with Crippen LogP contribution in [0.5, 0.6) is 0 Å². The number of anilines is 1. The maximum absolute atomic E-state index is 13.3. The van der Waals surface area contributed by atoms with Gasteiger partial charge in [-0.1, -0.05) is 23.7 Å². The van der Waals surface area contributed by atoms with Crippen molar-refractivity contribution < 1.29 is 9.18 Å². The van der Waals surface area contributed by atoms with Gasteiger partial charge in [-0.25, -0.2) is 4.39 Å². The zero-order valence-electron chi connectivity index (χ0n) is 11.0. The van der Waals surface area contributed by atoms with Crippen LogP contribution in [0.1, 0.15) is 5.56 Å². The number of nitrogens with one attached hydrogen (secondary N) is 2. The van der Waals surface area contributed by atoms with E-state index in [0.717, 1.165) is 11.1 Å². The maximum Gasteiger partial charge on any atom is 0.228 e. The zero-order valence-corrected chi connectivity index (χ0v) is 11.7. The van der Waals surface area contributed by atoms with Gasteiger partial charge in [-0.05, 0) is 35.9 Å². The Balaban J connectivity index is 1.80. The standard InChI is InChI=1S/C16H12ClFN2O/c17-13-3-1-2-4-15(13)20-16(21)7-10-9-19-14-6-5-11(18)8-12(10)14/h1-6,8-9,19H,7H2,(H,20,21). The van der Waals surface area contributed by atoms with Crippen LogP contribution in [0.15, 0.2) is 48.7 Å². The van der Waals surface area contributed by atoms with Crippen molar-refractivity contribution in [2.75, 3.05) is 5.32 Å². The van der Waals surface area contributed by atoms with Crippen LogP contribution in [0, 0.1) is 5.82 Å². The minimum absolute atomic E-state index is 0.147. The fourth-order valence-electron chi connectivity index (χ4n) is 2.23. The molecular weight excluding hydrogens is 291 g/mol. The van der Waals surface area contributed by atoms with Gasteiger partial charge in [0, 0.05) is 17.1 Å². The molecule has 2 aromatic carbocycles. The molecule has 0 saturated heterocycles. The molecule has 21 heavy (non-hydrogen) atoms. The molecule has 1 amide bonds. The number of benzene rings is 2. The molecule has 1 heterocycles. The number of aromatic amines is 1. The number of rotatable bonds is 3. The molecule has 0 aliphatic rings. The lowest BCUT2D eigenvalue weighted by Crippen LogP contribution is -2.14. The van der Waals surface area contributed by atoms with Crippen LogP contribution in [0.4, 0.5) is 10.1 Å². The molecule has 0 aliphatic heterocycles. The van der Waals surface area contributed by atoms with Gasteiger partial charge < -0.3 is 10.3 Å². The molecule has 5 heteroatoms. The van der Waals surface area contributed by atoms with Crippen LogP contribution < -0.4 is 5.32 Å². The van der Waals surface area contributed by atoms with Crippen LogP contribution >= 0.6 is 11.6 Å². The lowest BCUT2D eigenvalue weighted by molar-refractivity contribution is -0.115. The first-order valence-electron chi connectivity index (χ1n) is 6.43. The summed E-state index contributed by atoms with van der Waals surface area (Å²) in [5.74, 6) is -0.525. The number of H-pyrrole nitrogens is 1. The maximum atomic E-state index is 13.3. The van der Waals surface area contributed by atoms with Gasteiger partial charge in [-0.15, -0.1) is 0 Å². The fraction of sp³-hybridized carbons (Fsp3) is 0.0625. The smallest absolute Gasteiger partial charge is 0.228 e. The van der Waals surface area contributed by atoms with Gasteiger partial charge in [-0.3, -0.25) is 4.79 Å². The van der Waals surface area contributed by atoms with E-state index in [1.165, 1.54) is 12.1 Å². The molecule has 1 aromatic heterocycles. The average Bonchev–Trinajstić information content (AvgIpc) is 2.84. The molecule has 0 saturated carbocycles. The number of carbonyl (C=O) groups excluding carboxylic acids is 1. The van der Waals surface area contributed by atoms with E-state index in [1.807, 2.05) is 0 Å². The molecule has 0 bridgehead atoms. The van der Waals surface area contributed by atoms with Crippen LogP contribution in [0.25, 0.3) is 10.9 Å². The number of para-hydroxylation sites is 1. The van der Waals surface area contributed by atoms with E-state index in [4.69, 9.17) is 11.6 Å². The Hall–Kier alpha value is -2.33. The highest BCUT2D eigenvalue weighted by atomic mass is 35.5. The molecule has 0 atom stereocenters.